The minimum absolute atomic E-state index is 0.422. The first-order chi connectivity index (χ1) is 8.66. The van der Waals surface area contributed by atoms with Crippen LogP contribution < -0.4 is 11.1 Å². The molecule has 0 aromatic heterocycles. The molecule has 3 nitrogen and oxygen atoms in total. The minimum Gasteiger partial charge on any atom is -0.389 e. The first-order valence-electron chi connectivity index (χ1n) is 6.08. The monoisotopic (exact) mass is 328 g/mol. The molecule has 0 aliphatic carbocycles. The molecular weight excluding hydrogens is 312 g/mol. The molecule has 0 spiro atoms. The molecule has 0 radical (unpaired) electrons. The van der Waals surface area contributed by atoms with Crippen LogP contribution in [0.5, 0.6) is 0 Å². The van der Waals surface area contributed by atoms with Crippen molar-refractivity contribution >= 4 is 38.8 Å². The van der Waals surface area contributed by atoms with Gasteiger partial charge in [-0.25, -0.2) is 0 Å². The Morgan fingerprint density at radius 2 is 2.17 bits per heavy atom. The van der Waals surface area contributed by atoms with E-state index < -0.39 is 0 Å². The maximum Gasteiger partial charge on any atom is 0.106 e. The smallest absolute Gasteiger partial charge is 0.106 e. The van der Waals surface area contributed by atoms with E-state index in [9.17, 15) is 0 Å². The lowest BCUT2D eigenvalue weighted by atomic mass is 10.00. The Balaban J connectivity index is 2.01. The Morgan fingerprint density at radius 1 is 1.44 bits per heavy atom. The van der Waals surface area contributed by atoms with Crippen LogP contribution in [-0.2, 0) is 4.74 Å². The number of benzene rings is 1. The van der Waals surface area contributed by atoms with E-state index in [2.05, 4.69) is 21.2 Å². The fraction of sp³-hybridized carbons (Fsp3) is 0.462. The number of halogens is 1. The number of ether oxygens (including phenoxy) is 1. The Bertz CT molecular complexity index is 433. The minimum atomic E-state index is 0.422. The topological polar surface area (TPSA) is 47.3 Å². The highest BCUT2D eigenvalue weighted by molar-refractivity contribution is 9.10. The van der Waals surface area contributed by atoms with E-state index >= 15 is 0 Å². The Labute approximate surface area is 121 Å². The summed E-state index contributed by atoms with van der Waals surface area (Å²) in [5.74, 6) is 0.668. The van der Waals surface area contributed by atoms with Crippen molar-refractivity contribution in [1.29, 1.82) is 0 Å². The van der Waals surface area contributed by atoms with Crippen molar-refractivity contribution in [1.82, 2.24) is 0 Å². The van der Waals surface area contributed by atoms with Crippen molar-refractivity contribution in [3.8, 4) is 0 Å². The lowest BCUT2D eigenvalue weighted by Gasteiger charge is -2.23. The van der Waals surface area contributed by atoms with Gasteiger partial charge in [-0.2, -0.15) is 0 Å². The van der Waals surface area contributed by atoms with E-state index in [0.29, 0.717) is 10.9 Å². The van der Waals surface area contributed by atoms with Gasteiger partial charge in [0.05, 0.1) is 0 Å². The average Bonchev–Trinajstić information content (AvgIpc) is 2.38. The highest BCUT2D eigenvalue weighted by Gasteiger charge is 2.14. The van der Waals surface area contributed by atoms with E-state index in [1.54, 1.807) is 0 Å². The molecule has 1 aromatic carbocycles. The molecule has 1 aromatic rings. The van der Waals surface area contributed by atoms with Gasteiger partial charge >= 0.3 is 0 Å². The van der Waals surface area contributed by atoms with Crippen LogP contribution in [0.25, 0.3) is 0 Å². The number of rotatable bonds is 4. The summed E-state index contributed by atoms with van der Waals surface area (Å²) in [4.78, 5) is 0.422. The Hall–Kier alpha value is -0.650. The van der Waals surface area contributed by atoms with Crippen LogP contribution in [0.4, 0.5) is 5.69 Å². The lowest BCUT2D eigenvalue weighted by molar-refractivity contribution is 0.0699. The zero-order valence-electron chi connectivity index (χ0n) is 10.1. The molecule has 1 aliphatic heterocycles. The SMILES string of the molecule is NC(=S)c1cc(Br)ccc1NCC1CCOCC1. The van der Waals surface area contributed by atoms with Crippen molar-refractivity contribution in [2.24, 2.45) is 11.7 Å². The summed E-state index contributed by atoms with van der Waals surface area (Å²) < 4.78 is 6.34. The summed E-state index contributed by atoms with van der Waals surface area (Å²) >= 11 is 8.51. The molecule has 1 heterocycles. The average molecular weight is 329 g/mol. The predicted octanol–water partition coefficient (Wildman–Crippen LogP) is 2.92. The van der Waals surface area contributed by atoms with Crippen LogP contribution in [0.1, 0.15) is 18.4 Å². The maximum absolute atomic E-state index is 5.74. The standard InChI is InChI=1S/C13H17BrN2OS/c14-10-1-2-12(11(7-10)13(15)18)16-8-9-3-5-17-6-4-9/h1-2,7,9,16H,3-6,8H2,(H2,15,18). The quantitative estimate of drug-likeness (QED) is 0.834. The summed E-state index contributed by atoms with van der Waals surface area (Å²) in [6, 6.07) is 5.96. The van der Waals surface area contributed by atoms with E-state index in [-0.39, 0.29) is 0 Å². The van der Waals surface area contributed by atoms with Crippen LogP contribution in [0.15, 0.2) is 22.7 Å². The molecule has 2 rings (SSSR count). The number of anilines is 1. The normalized spacial score (nSPS) is 16.5. The third-order valence-corrected chi connectivity index (χ3v) is 3.88. The largest absolute Gasteiger partial charge is 0.389 e. The van der Waals surface area contributed by atoms with Crippen molar-refractivity contribution in [2.75, 3.05) is 25.1 Å². The van der Waals surface area contributed by atoms with E-state index in [1.807, 2.05) is 18.2 Å². The van der Waals surface area contributed by atoms with Gasteiger partial charge < -0.3 is 15.8 Å². The van der Waals surface area contributed by atoms with Crippen molar-refractivity contribution in [2.45, 2.75) is 12.8 Å². The summed E-state index contributed by atoms with van der Waals surface area (Å²) in [5.41, 5.74) is 7.65. The van der Waals surface area contributed by atoms with E-state index in [0.717, 1.165) is 48.3 Å². The maximum atomic E-state index is 5.74. The molecule has 3 N–H and O–H groups in total. The number of hydrogen-bond acceptors (Lipinski definition) is 3. The van der Waals surface area contributed by atoms with E-state index in [1.165, 1.54) is 0 Å². The number of hydrogen-bond donors (Lipinski definition) is 2. The number of nitrogens with two attached hydrogens (primary N) is 1. The molecule has 0 unspecified atom stereocenters. The van der Waals surface area contributed by atoms with Crippen molar-refractivity contribution in [3.63, 3.8) is 0 Å². The van der Waals surface area contributed by atoms with Crippen LogP contribution in [-0.4, -0.2) is 24.7 Å². The van der Waals surface area contributed by atoms with Gasteiger partial charge in [0.1, 0.15) is 4.99 Å². The Morgan fingerprint density at radius 3 is 2.83 bits per heavy atom. The molecular formula is C13H17BrN2OS. The number of thiocarbonyl (C=S) groups is 1. The van der Waals surface area contributed by atoms with Gasteiger partial charge in [0.2, 0.25) is 0 Å². The fourth-order valence-corrected chi connectivity index (χ4v) is 2.61. The molecule has 1 aliphatic rings. The van der Waals surface area contributed by atoms with Crippen LogP contribution >= 0.6 is 28.1 Å². The summed E-state index contributed by atoms with van der Waals surface area (Å²) in [6.07, 6.45) is 2.23. The molecule has 98 valence electrons. The Kier molecular flexibility index (Phi) is 4.97. The fourth-order valence-electron chi connectivity index (χ4n) is 2.08. The molecule has 0 saturated carbocycles. The summed E-state index contributed by atoms with van der Waals surface area (Å²) in [7, 11) is 0. The third-order valence-electron chi connectivity index (χ3n) is 3.17. The zero-order chi connectivity index (χ0) is 13.0. The van der Waals surface area contributed by atoms with Crippen LogP contribution in [0.2, 0.25) is 0 Å². The van der Waals surface area contributed by atoms with Crippen molar-refractivity contribution in [3.05, 3.63) is 28.2 Å². The van der Waals surface area contributed by atoms with Gasteiger partial charge in [-0.15, -0.1) is 0 Å². The first kappa shape index (κ1) is 13.8. The molecule has 1 fully saturated rings. The molecule has 5 heteroatoms. The van der Waals surface area contributed by atoms with Gasteiger partial charge in [-0.3, -0.25) is 0 Å². The molecule has 0 amide bonds. The van der Waals surface area contributed by atoms with Crippen LogP contribution in [0, 0.1) is 5.92 Å². The van der Waals surface area contributed by atoms with Gasteiger partial charge in [0, 0.05) is 35.5 Å². The molecule has 1 saturated heterocycles. The highest BCUT2D eigenvalue weighted by Crippen LogP contribution is 2.22. The summed E-state index contributed by atoms with van der Waals surface area (Å²) in [6.45, 7) is 2.68. The van der Waals surface area contributed by atoms with Crippen LogP contribution in [0.3, 0.4) is 0 Å². The highest BCUT2D eigenvalue weighted by atomic mass is 79.9. The predicted molar refractivity (Wildman–Crippen MR) is 82.1 cm³/mol. The third kappa shape index (κ3) is 3.67. The lowest BCUT2D eigenvalue weighted by Crippen LogP contribution is -2.23. The summed E-state index contributed by atoms with van der Waals surface area (Å²) in [5, 5.41) is 3.45. The second kappa shape index (κ2) is 6.50. The second-order valence-electron chi connectivity index (χ2n) is 4.49. The van der Waals surface area contributed by atoms with Gasteiger partial charge in [0.15, 0.2) is 0 Å². The molecule has 0 bridgehead atoms. The van der Waals surface area contributed by atoms with Crippen molar-refractivity contribution < 1.29 is 4.74 Å². The van der Waals surface area contributed by atoms with Gasteiger partial charge in [0.25, 0.3) is 0 Å². The van der Waals surface area contributed by atoms with Gasteiger partial charge in [-0.1, -0.05) is 28.1 Å². The first-order valence-corrected chi connectivity index (χ1v) is 7.28. The molecule has 18 heavy (non-hydrogen) atoms. The van der Waals surface area contributed by atoms with Gasteiger partial charge in [-0.05, 0) is 37.0 Å². The number of nitrogens with one attached hydrogen (secondary N) is 1. The molecule has 0 atom stereocenters. The zero-order valence-corrected chi connectivity index (χ0v) is 12.5. The second-order valence-corrected chi connectivity index (χ2v) is 5.85. The van der Waals surface area contributed by atoms with E-state index in [4.69, 9.17) is 22.7 Å².